The minimum atomic E-state index is -0.627. The Kier molecular flexibility index (Phi) is 5.52. The largest absolute Gasteiger partial charge is 0.388 e. The SMILES string of the molecule is CC(C)n1nc(C(=O)NC2CC3CCC(C2)N3CC2(O)CCOCC2)c2ccccc21. The van der Waals surface area contributed by atoms with Crippen LogP contribution in [0.15, 0.2) is 24.3 Å². The Labute approximate surface area is 183 Å². The van der Waals surface area contributed by atoms with Gasteiger partial charge in [-0.1, -0.05) is 18.2 Å². The van der Waals surface area contributed by atoms with E-state index in [1.807, 2.05) is 28.9 Å². The van der Waals surface area contributed by atoms with E-state index in [0.717, 1.165) is 43.1 Å². The van der Waals surface area contributed by atoms with Crippen molar-refractivity contribution in [3.63, 3.8) is 0 Å². The van der Waals surface area contributed by atoms with Crippen molar-refractivity contribution in [2.24, 2.45) is 0 Å². The van der Waals surface area contributed by atoms with Crippen LogP contribution in [-0.2, 0) is 4.74 Å². The van der Waals surface area contributed by atoms with Crippen molar-refractivity contribution in [1.82, 2.24) is 20.0 Å². The summed E-state index contributed by atoms with van der Waals surface area (Å²) in [5.74, 6) is -0.0727. The Hall–Kier alpha value is -1.96. The molecule has 3 saturated heterocycles. The van der Waals surface area contributed by atoms with Crippen LogP contribution in [0.4, 0.5) is 0 Å². The van der Waals surface area contributed by atoms with Gasteiger partial charge in [-0.25, -0.2) is 0 Å². The van der Waals surface area contributed by atoms with E-state index >= 15 is 0 Å². The molecule has 3 fully saturated rings. The van der Waals surface area contributed by atoms with Crippen LogP contribution in [0, 0.1) is 0 Å². The standard InChI is InChI=1S/C24H34N4O3/c1-16(2)28-21-6-4-3-5-20(21)22(26-28)23(29)25-17-13-18-7-8-19(14-17)27(18)15-24(30)9-11-31-12-10-24/h3-6,16-19,30H,7-15H2,1-2H3,(H,25,29). The average molecular weight is 427 g/mol. The maximum Gasteiger partial charge on any atom is 0.272 e. The number of rotatable bonds is 5. The van der Waals surface area contributed by atoms with Crippen LogP contribution in [0.5, 0.6) is 0 Å². The van der Waals surface area contributed by atoms with Crippen molar-refractivity contribution in [1.29, 1.82) is 0 Å². The van der Waals surface area contributed by atoms with Gasteiger partial charge in [-0.15, -0.1) is 0 Å². The van der Waals surface area contributed by atoms with Crippen LogP contribution >= 0.6 is 0 Å². The number of aromatic nitrogens is 2. The van der Waals surface area contributed by atoms with Crippen molar-refractivity contribution in [3.8, 4) is 0 Å². The molecule has 1 amide bonds. The second-order valence-electron chi connectivity index (χ2n) is 9.94. The number of carbonyl (C=O) groups excluding carboxylic acids is 1. The summed E-state index contributed by atoms with van der Waals surface area (Å²) in [5.41, 5.74) is 0.899. The third-order valence-corrected chi connectivity index (χ3v) is 7.44. The maximum absolute atomic E-state index is 13.2. The molecule has 7 heteroatoms. The summed E-state index contributed by atoms with van der Waals surface area (Å²) in [6.07, 6.45) is 5.61. The minimum absolute atomic E-state index is 0.0727. The third kappa shape index (κ3) is 3.99. The number of nitrogens with zero attached hydrogens (tertiary/aromatic N) is 3. The Morgan fingerprint density at radius 3 is 2.58 bits per heavy atom. The first-order valence-corrected chi connectivity index (χ1v) is 11.8. The van der Waals surface area contributed by atoms with Crippen LogP contribution in [0.2, 0.25) is 0 Å². The summed E-state index contributed by atoms with van der Waals surface area (Å²) in [4.78, 5) is 15.7. The Balaban J connectivity index is 1.28. The van der Waals surface area contributed by atoms with Crippen molar-refractivity contribution in [2.75, 3.05) is 19.8 Å². The zero-order valence-electron chi connectivity index (χ0n) is 18.6. The lowest BCUT2D eigenvalue weighted by molar-refractivity contribution is -0.0910. The monoisotopic (exact) mass is 426 g/mol. The number of amides is 1. The van der Waals surface area contributed by atoms with Gasteiger partial charge in [-0.05, 0) is 45.6 Å². The fraction of sp³-hybridized carbons (Fsp3) is 0.667. The fourth-order valence-corrected chi connectivity index (χ4v) is 5.80. The normalized spacial score (nSPS) is 28.3. The molecule has 0 aliphatic carbocycles. The van der Waals surface area contributed by atoms with Gasteiger partial charge in [0.25, 0.3) is 5.91 Å². The highest BCUT2D eigenvalue weighted by Gasteiger charge is 2.45. The second kappa shape index (κ2) is 8.19. The molecule has 3 aliphatic heterocycles. The quantitative estimate of drug-likeness (QED) is 0.769. The highest BCUT2D eigenvalue weighted by molar-refractivity contribution is 6.05. The fourth-order valence-electron chi connectivity index (χ4n) is 5.80. The lowest BCUT2D eigenvalue weighted by Crippen LogP contribution is -2.56. The third-order valence-electron chi connectivity index (χ3n) is 7.44. The zero-order chi connectivity index (χ0) is 21.6. The molecular weight excluding hydrogens is 392 g/mol. The van der Waals surface area contributed by atoms with Crippen LogP contribution < -0.4 is 5.32 Å². The van der Waals surface area contributed by atoms with Gasteiger partial charge in [0.15, 0.2) is 5.69 Å². The maximum atomic E-state index is 13.2. The summed E-state index contributed by atoms with van der Waals surface area (Å²) in [5, 5.41) is 19.9. The van der Waals surface area contributed by atoms with Crippen molar-refractivity contribution < 1.29 is 14.6 Å². The van der Waals surface area contributed by atoms with Crippen molar-refractivity contribution in [2.45, 2.75) is 82.1 Å². The summed E-state index contributed by atoms with van der Waals surface area (Å²) in [6, 6.07) is 9.18. The second-order valence-corrected chi connectivity index (χ2v) is 9.94. The molecule has 2 aromatic rings. The number of piperidine rings is 1. The first-order valence-electron chi connectivity index (χ1n) is 11.8. The van der Waals surface area contributed by atoms with E-state index in [1.54, 1.807) is 0 Å². The van der Waals surface area contributed by atoms with Gasteiger partial charge in [0.2, 0.25) is 0 Å². The highest BCUT2D eigenvalue weighted by Crippen LogP contribution is 2.38. The molecule has 0 radical (unpaired) electrons. The lowest BCUT2D eigenvalue weighted by atomic mass is 9.90. The number of aliphatic hydroxyl groups is 1. The molecule has 7 nitrogen and oxygen atoms in total. The Morgan fingerprint density at radius 2 is 1.90 bits per heavy atom. The number of fused-ring (bicyclic) bond motifs is 3. The van der Waals surface area contributed by atoms with E-state index < -0.39 is 5.60 Å². The van der Waals surface area contributed by atoms with Gasteiger partial charge in [0, 0.05) is 62.2 Å². The molecular formula is C24H34N4O3. The van der Waals surface area contributed by atoms with Crippen LogP contribution in [0.1, 0.15) is 68.9 Å². The number of carbonyl (C=O) groups is 1. The smallest absolute Gasteiger partial charge is 0.272 e. The highest BCUT2D eigenvalue weighted by atomic mass is 16.5. The predicted octanol–water partition coefficient (Wildman–Crippen LogP) is 2.88. The van der Waals surface area contributed by atoms with Crippen LogP contribution in [0.25, 0.3) is 10.9 Å². The molecule has 2 bridgehead atoms. The Bertz CT molecular complexity index is 935. The van der Waals surface area contributed by atoms with Crippen molar-refractivity contribution in [3.05, 3.63) is 30.0 Å². The van der Waals surface area contributed by atoms with E-state index in [-0.39, 0.29) is 18.0 Å². The molecule has 1 aromatic heterocycles. The molecule has 4 heterocycles. The Morgan fingerprint density at radius 1 is 1.23 bits per heavy atom. The molecule has 5 rings (SSSR count). The topological polar surface area (TPSA) is 79.6 Å². The molecule has 2 atom stereocenters. The average Bonchev–Trinajstić information content (AvgIpc) is 3.23. The zero-order valence-corrected chi connectivity index (χ0v) is 18.6. The number of hydrogen-bond donors (Lipinski definition) is 2. The summed E-state index contributed by atoms with van der Waals surface area (Å²) in [6.45, 7) is 6.20. The molecule has 2 unspecified atom stereocenters. The first kappa shape index (κ1) is 20.9. The number of benzene rings is 1. The molecule has 3 aliphatic rings. The van der Waals surface area contributed by atoms with E-state index in [9.17, 15) is 9.90 Å². The number of ether oxygens (including phenoxy) is 1. The van der Waals surface area contributed by atoms with Gasteiger partial charge in [-0.3, -0.25) is 14.4 Å². The van der Waals surface area contributed by atoms with Crippen LogP contribution in [-0.4, -0.2) is 69.2 Å². The van der Waals surface area contributed by atoms with Crippen molar-refractivity contribution >= 4 is 16.8 Å². The molecule has 2 N–H and O–H groups in total. The van der Waals surface area contributed by atoms with Gasteiger partial charge < -0.3 is 15.2 Å². The van der Waals surface area contributed by atoms with E-state index in [4.69, 9.17) is 4.74 Å². The lowest BCUT2D eigenvalue weighted by Gasteiger charge is -2.44. The predicted molar refractivity (Wildman–Crippen MR) is 119 cm³/mol. The van der Waals surface area contributed by atoms with E-state index in [0.29, 0.717) is 43.8 Å². The van der Waals surface area contributed by atoms with Gasteiger partial charge in [0.1, 0.15) is 0 Å². The van der Waals surface area contributed by atoms with Crippen LogP contribution in [0.3, 0.4) is 0 Å². The molecule has 31 heavy (non-hydrogen) atoms. The number of para-hydroxylation sites is 1. The summed E-state index contributed by atoms with van der Waals surface area (Å²) in [7, 11) is 0. The van der Waals surface area contributed by atoms with Gasteiger partial charge in [-0.2, -0.15) is 5.10 Å². The number of hydrogen-bond acceptors (Lipinski definition) is 5. The van der Waals surface area contributed by atoms with Gasteiger partial charge >= 0.3 is 0 Å². The first-order chi connectivity index (χ1) is 14.9. The minimum Gasteiger partial charge on any atom is -0.388 e. The van der Waals surface area contributed by atoms with Gasteiger partial charge in [0.05, 0.1) is 11.1 Å². The molecule has 0 saturated carbocycles. The summed E-state index contributed by atoms with van der Waals surface area (Å²) >= 11 is 0. The van der Waals surface area contributed by atoms with E-state index in [1.165, 1.54) is 0 Å². The molecule has 1 aromatic carbocycles. The molecule has 0 spiro atoms. The molecule has 168 valence electrons. The summed E-state index contributed by atoms with van der Waals surface area (Å²) < 4.78 is 7.38. The van der Waals surface area contributed by atoms with E-state index in [2.05, 4.69) is 29.2 Å². The number of nitrogens with one attached hydrogen (secondary N) is 1.